The van der Waals surface area contributed by atoms with E-state index in [1.807, 2.05) is 19.1 Å². The zero-order valence-electron chi connectivity index (χ0n) is 16.8. The zero-order chi connectivity index (χ0) is 23.1. The molecule has 2 amide bonds. The molecule has 0 atom stereocenters. The number of carbonyl (C=O) groups is 3. The third kappa shape index (κ3) is 6.16. The Bertz CT molecular complexity index is 1190. The molecule has 0 radical (unpaired) electrons. The van der Waals surface area contributed by atoms with Crippen molar-refractivity contribution in [2.75, 3.05) is 5.32 Å². The molecule has 0 bridgehead atoms. The molecule has 9 heteroatoms. The Morgan fingerprint density at radius 3 is 2.34 bits per heavy atom. The number of aryl methyl sites for hydroxylation is 1. The third-order valence-corrected chi connectivity index (χ3v) is 4.77. The van der Waals surface area contributed by atoms with Gasteiger partial charge in [0.25, 0.3) is 0 Å². The van der Waals surface area contributed by atoms with Crippen molar-refractivity contribution in [1.82, 2.24) is 5.43 Å². The Hall–Kier alpha value is -3.68. The van der Waals surface area contributed by atoms with Gasteiger partial charge in [-0.25, -0.2) is 10.2 Å². The second kappa shape index (κ2) is 10.6. The van der Waals surface area contributed by atoms with Crippen molar-refractivity contribution >= 4 is 52.9 Å². The van der Waals surface area contributed by atoms with Gasteiger partial charge in [-0.2, -0.15) is 5.10 Å². The molecule has 0 saturated heterocycles. The number of anilines is 1. The summed E-state index contributed by atoms with van der Waals surface area (Å²) in [4.78, 5) is 36.1. The van der Waals surface area contributed by atoms with Crippen molar-refractivity contribution in [3.8, 4) is 5.75 Å². The van der Waals surface area contributed by atoms with Gasteiger partial charge in [-0.05, 0) is 66.6 Å². The van der Waals surface area contributed by atoms with Crippen LogP contribution in [-0.4, -0.2) is 24.0 Å². The fourth-order valence-corrected chi connectivity index (χ4v) is 3.03. The molecule has 0 fully saturated rings. The fraction of sp³-hybridized carbons (Fsp3) is 0.0435. The van der Waals surface area contributed by atoms with Crippen LogP contribution in [0.5, 0.6) is 5.75 Å². The second-order valence-corrected chi connectivity index (χ2v) is 7.39. The molecule has 7 nitrogen and oxygen atoms in total. The van der Waals surface area contributed by atoms with E-state index in [9.17, 15) is 14.4 Å². The second-order valence-electron chi connectivity index (χ2n) is 6.55. The highest BCUT2D eigenvalue weighted by molar-refractivity contribution is 6.39. The lowest BCUT2D eigenvalue weighted by Crippen LogP contribution is -2.32. The third-order valence-electron chi connectivity index (χ3n) is 4.22. The summed E-state index contributed by atoms with van der Waals surface area (Å²) >= 11 is 11.8. The lowest BCUT2D eigenvalue weighted by molar-refractivity contribution is -0.136. The van der Waals surface area contributed by atoms with Gasteiger partial charge in [0.05, 0.1) is 16.8 Å². The number of para-hydroxylation sites is 1. The molecule has 3 aromatic carbocycles. The molecule has 0 unspecified atom stereocenters. The van der Waals surface area contributed by atoms with Crippen LogP contribution in [0.2, 0.25) is 10.0 Å². The van der Waals surface area contributed by atoms with Crippen molar-refractivity contribution < 1.29 is 19.1 Å². The van der Waals surface area contributed by atoms with E-state index in [2.05, 4.69) is 15.8 Å². The van der Waals surface area contributed by atoms with E-state index >= 15 is 0 Å². The van der Waals surface area contributed by atoms with E-state index in [0.717, 1.165) is 5.56 Å². The number of hydrazone groups is 1. The minimum absolute atomic E-state index is 0.188. The molecule has 0 heterocycles. The van der Waals surface area contributed by atoms with Crippen molar-refractivity contribution in [1.29, 1.82) is 0 Å². The predicted molar refractivity (Wildman–Crippen MR) is 123 cm³/mol. The average Bonchev–Trinajstić information content (AvgIpc) is 2.76. The van der Waals surface area contributed by atoms with Crippen LogP contribution < -0.4 is 15.5 Å². The van der Waals surface area contributed by atoms with Crippen LogP contribution in [0.3, 0.4) is 0 Å². The largest absolute Gasteiger partial charge is 0.423 e. The summed E-state index contributed by atoms with van der Waals surface area (Å²) in [7, 11) is 0. The first-order valence-electron chi connectivity index (χ1n) is 9.31. The number of nitrogens with one attached hydrogen (secondary N) is 2. The topological polar surface area (TPSA) is 96.9 Å². The van der Waals surface area contributed by atoms with E-state index in [1.165, 1.54) is 18.3 Å². The predicted octanol–water partition coefficient (Wildman–Crippen LogP) is 4.61. The number of rotatable bonds is 5. The molecule has 0 aliphatic carbocycles. The van der Waals surface area contributed by atoms with E-state index in [-0.39, 0.29) is 10.6 Å². The van der Waals surface area contributed by atoms with Crippen LogP contribution in [-0.2, 0) is 9.59 Å². The summed E-state index contributed by atoms with van der Waals surface area (Å²) in [6.45, 7) is 1.82. The number of ether oxygens (including phenoxy) is 1. The maximum atomic E-state index is 12.2. The van der Waals surface area contributed by atoms with Gasteiger partial charge in [-0.15, -0.1) is 0 Å². The standard InChI is InChI=1S/C23H17Cl2N3O4/c1-14-4-2-3-5-20(14)27-21(29)22(30)28-26-13-15-6-9-17(10-7-15)32-23(31)18-11-8-16(24)12-19(18)25/h2-13H,1H3,(H,27,29)(H,28,30)/b26-13-. The number of benzene rings is 3. The SMILES string of the molecule is Cc1ccccc1NC(=O)C(=O)N/N=C\c1ccc(OC(=O)c2ccc(Cl)cc2Cl)cc1. The van der Waals surface area contributed by atoms with Gasteiger partial charge in [-0.1, -0.05) is 41.4 Å². The minimum Gasteiger partial charge on any atom is -0.423 e. The number of esters is 1. The molecule has 0 aliphatic heterocycles. The van der Waals surface area contributed by atoms with Crippen molar-refractivity contribution in [2.45, 2.75) is 6.92 Å². The number of nitrogens with zero attached hydrogens (tertiary/aromatic N) is 1. The van der Waals surface area contributed by atoms with Crippen LogP contribution in [0, 0.1) is 6.92 Å². The molecule has 3 rings (SSSR count). The van der Waals surface area contributed by atoms with Gasteiger partial charge < -0.3 is 10.1 Å². The highest BCUT2D eigenvalue weighted by Gasteiger charge is 2.14. The van der Waals surface area contributed by atoms with Crippen LogP contribution >= 0.6 is 23.2 Å². The number of hydrogen-bond acceptors (Lipinski definition) is 5. The molecule has 2 N–H and O–H groups in total. The van der Waals surface area contributed by atoms with Gasteiger partial charge in [0.1, 0.15) is 5.75 Å². The molecule has 162 valence electrons. The van der Waals surface area contributed by atoms with Gasteiger partial charge in [0.15, 0.2) is 0 Å². The lowest BCUT2D eigenvalue weighted by atomic mass is 10.2. The number of carbonyl (C=O) groups excluding carboxylic acids is 3. The molecular weight excluding hydrogens is 453 g/mol. The monoisotopic (exact) mass is 469 g/mol. The molecular formula is C23H17Cl2N3O4. The Balaban J connectivity index is 1.53. The number of amides is 2. The number of hydrogen-bond donors (Lipinski definition) is 2. The summed E-state index contributed by atoms with van der Waals surface area (Å²) in [5.74, 6) is -2.07. The molecule has 0 saturated carbocycles. The van der Waals surface area contributed by atoms with E-state index < -0.39 is 17.8 Å². The van der Waals surface area contributed by atoms with Crippen molar-refractivity contribution in [3.05, 3.63) is 93.5 Å². The molecule has 0 aliphatic rings. The Morgan fingerprint density at radius 1 is 0.938 bits per heavy atom. The minimum atomic E-state index is -0.908. The van der Waals surface area contributed by atoms with Crippen LogP contribution in [0.25, 0.3) is 0 Å². The first-order valence-corrected chi connectivity index (χ1v) is 10.1. The molecule has 3 aromatic rings. The average molecular weight is 470 g/mol. The normalized spacial score (nSPS) is 10.6. The van der Waals surface area contributed by atoms with E-state index in [1.54, 1.807) is 42.5 Å². The quantitative estimate of drug-likeness (QED) is 0.187. The highest BCUT2D eigenvalue weighted by atomic mass is 35.5. The van der Waals surface area contributed by atoms with Crippen LogP contribution in [0.15, 0.2) is 71.8 Å². The van der Waals surface area contributed by atoms with E-state index in [0.29, 0.717) is 22.0 Å². The van der Waals surface area contributed by atoms with Gasteiger partial charge in [-0.3, -0.25) is 9.59 Å². The number of halogens is 2. The summed E-state index contributed by atoms with van der Waals surface area (Å²) in [6, 6.07) is 17.9. The highest BCUT2D eigenvalue weighted by Crippen LogP contribution is 2.23. The Morgan fingerprint density at radius 2 is 1.66 bits per heavy atom. The first kappa shape index (κ1) is 23.0. The summed E-state index contributed by atoms with van der Waals surface area (Å²) in [5.41, 5.74) is 4.32. The molecule has 0 aromatic heterocycles. The Kier molecular flexibility index (Phi) is 7.59. The summed E-state index contributed by atoms with van der Waals surface area (Å²) < 4.78 is 5.28. The van der Waals surface area contributed by atoms with Gasteiger partial charge in [0.2, 0.25) is 0 Å². The molecule has 0 spiro atoms. The zero-order valence-corrected chi connectivity index (χ0v) is 18.3. The fourth-order valence-electron chi connectivity index (χ4n) is 2.55. The summed E-state index contributed by atoms with van der Waals surface area (Å²) in [6.07, 6.45) is 1.35. The van der Waals surface area contributed by atoms with Crippen LogP contribution in [0.1, 0.15) is 21.5 Å². The van der Waals surface area contributed by atoms with Crippen molar-refractivity contribution in [2.24, 2.45) is 5.10 Å². The van der Waals surface area contributed by atoms with E-state index in [4.69, 9.17) is 27.9 Å². The van der Waals surface area contributed by atoms with Crippen LogP contribution in [0.4, 0.5) is 5.69 Å². The lowest BCUT2D eigenvalue weighted by Gasteiger charge is -2.07. The van der Waals surface area contributed by atoms with Gasteiger partial charge >= 0.3 is 17.8 Å². The smallest absolute Gasteiger partial charge is 0.345 e. The maximum Gasteiger partial charge on any atom is 0.345 e. The summed E-state index contributed by atoms with van der Waals surface area (Å²) in [5, 5.41) is 6.88. The molecule has 32 heavy (non-hydrogen) atoms. The van der Waals surface area contributed by atoms with Crippen molar-refractivity contribution in [3.63, 3.8) is 0 Å². The first-order chi connectivity index (χ1) is 15.3. The maximum absolute atomic E-state index is 12.2. The Labute approximate surface area is 194 Å². The van der Waals surface area contributed by atoms with Gasteiger partial charge in [0, 0.05) is 10.7 Å².